The summed E-state index contributed by atoms with van der Waals surface area (Å²) in [7, 11) is 0. The minimum Gasteiger partial charge on any atom is -0.476 e. The van der Waals surface area contributed by atoms with Gasteiger partial charge in [-0.2, -0.15) is 5.10 Å². The van der Waals surface area contributed by atoms with E-state index in [1.54, 1.807) is 29.8 Å². The highest BCUT2D eigenvalue weighted by atomic mass is 79.9. The molecule has 88 valence electrons. The molecule has 0 spiro atoms. The van der Waals surface area contributed by atoms with Gasteiger partial charge in [-0.25, -0.2) is 9.48 Å². The first-order valence-corrected chi connectivity index (χ1v) is 5.91. The normalized spacial score (nSPS) is 10.5. The lowest BCUT2D eigenvalue weighted by molar-refractivity contribution is 0.0690. The third-order valence-corrected chi connectivity index (χ3v) is 3.15. The number of hydrogen-bond donors (Lipinski definition) is 1. The summed E-state index contributed by atoms with van der Waals surface area (Å²) in [5.41, 5.74) is 1.45. The minimum atomic E-state index is -1.05. The van der Waals surface area contributed by atoms with Gasteiger partial charge in [0.25, 0.3) is 0 Å². The van der Waals surface area contributed by atoms with E-state index in [0.717, 1.165) is 10.2 Å². The van der Waals surface area contributed by atoms with E-state index in [-0.39, 0.29) is 5.69 Å². The molecule has 0 amide bonds. The summed E-state index contributed by atoms with van der Waals surface area (Å²) >= 11 is 9.29. The maximum Gasteiger partial charge on any atom is 0.356 e. The molecule has 0 aliphatic rings. The average molecular weight is 316 g/mol. The van der Waals surface area contributed by atoms with Gasteiger partial charge in [0.1, 0.15) is 0 Å². The van der Waals surface area contributed by atoms with Crippen LogP contribution in [0.3, 0.4) is 0 Å². The van der Waals surface area contributed by atoms with Crippen molar-refractivity contribution in [1.82, 2.24) is 9.78 Å². The fourth-order valence-corrected chi connectivity index (χ4v) is 2.05. The predicted octanol–water partition coefficient (Wildman–Crippen LogP) is 3.29. The molecule has 0 radical (unpaired) electrons. The molecule has 0 aliphatic heterocycles. The third-order valence-electron chi connectivity index (χ3n) is 2.24. The molecule has 6 heteroatoms. The highest BCUT2D eigenvalue weighted by Gasteiger charge is 2.13. The van der Waals surface area contributed by atoms with Crippen molar-refractivity contribution in [2.75, 3.05) is 0 Å². The first-order chi connectivity index (χ1) is 7.99. The largest absolute Gasteiger partial charge is 0.476 e. The second-order valence-electron chi connectivity index (χ2n) is 3.48. The highest BCUT2D eigenvalue weighted by Crippen LogP contribution is 2.25. The Labute approximate surface area is 111 Å². The monoisotopic (exact) mass is 314 g/mol. The Morgan fingerprint density at radius 2 is 2.18 bits per heavy atom. The van der Waals surface area contributed by atoms with E-state index in [2.05, 4.69) is 21.0 Å². The van der Waals surface area contributed by atoms with Gasteiger partial charge in [-0.05, 0) is 47.1 Å². The van der Waals surface area contributed by atoms with Gasteiger partial charge in [-0.1, -0.05) is 11.6 Å². The Morgan fingerprint density at radius 1 is 1.47 bits per heavy atom. The highest BCUT2D eigenvalue weighted by molar-refractivity contribution is 9.10. The van der Waals surface area contributed by atoms with Gasteiger partial charge < -0.3 is 5.11 Å². The van der Waals surface area contributed by atoms with Gasteiger partial charge >= 0.3 is 5.97 Å². The number of carbonyl (C=O) groups is 1. The summed E-state index contributed by atoms with van der Waals surface area (Å²) in [4.78, 5) is 10.8. The molecule has 1 heterocycles. The zero-order valence-electron chi connectivity index (χ0n) is 8.82. The summed E-state index contributed by atoms with van der Waals surface area (Å²) in [5.74, 6) is -1.05. The van der Waals surface area contributed by atoms with Crippen LogP contribution in [0.4, 0.5) is 0 Å². The van der Waals surface area contributed by atoms with E-state index in [4.69, 9.17) is 16.7 Å². The van der Waals surface area contributed by atoms with E-state index < -0.39 is 5.97 Å². The second kappa shape index (κ2) is 4.50. The van der Waals surface area contributed by atoms with Crippen LogP contribution in [0.2, 0.25) is 5.02 Å². The Balaban J connectivity index is 2.60. The van der Waals surface area contributed by atoms with E-state index in [0.29, 0.717) is 10.7 Å². The second-order valence-corrected chi connectivity index (χ2v) is 4.77. The maximum absolute atomic E-state index is 10.8. The number of carboxylic acids is 1. The smallest absolute Gasteiger partial charge is 0.356 e. The molecule has 17 heavy (non-hydrogen) atoms. The summed E-state index contributed by atoms with van der Waals surface area (Å²) in [6, 6.07) is 6.76. The zero-order valence-corrected chi connectivity index (χ0v) is 11.2. The van der Waals surface area contributed by atoms with Crippen molar-refractivity contribution < 1.29 is 9.90 Å². The molecule has 1 aromatic heterocycles. The summed E-state index contributed by atoms with van der Waals surface area (Å²) in [5, 5.41) is 13.5. The van der Waals surface area contributed by atoms with Gasteiger partial charge in [0.05, 0.1) is 5.69 Å². The summed E-state index contributed by atoms with van der Waals surface area (Å²) in [6.45, 7) is 1.78. The van der Waals surface area contributed by atoms with Crippen molar-refractivity contribution >= 4 is 33.5 Å². The van der Waals surface area contributed by atoms with Crippen molar-refractivity contribution in [3.63, 3.8) is 0 Å². The van der Waals surface area contributed by atoms with Crippen LogP contribution in [0.15, 0.2) is 28.7 Å². The topological polar surface area (TPSA) is 55.1 Å². The number of halogens is 2. The number of aromatic carboxylic acids is 1. The lowest BCUT2D eigenvalue weighted by Crippen LogP contribution is -2.03. The van der Waals surface area contributed by atoms with Gasteiger partial charge in [0, 0.05) is 15.2 Å². The summed E-state index contributed by atoms with van der Waals surface area (Å²) in [6.07, 6.45) is 0. The van der Waals surface area contributed by atoms with Crippen LogP contribution in [0.25, 0.3) is 5.69 Å². The van der Waals surface area contributed by atoms with E-state index in [1.165, 1.54) is 6.07 Å². The van der Waals surface area contributed by atoms with Crippen LogP contribution in [0.1, 0.15) is 16.2 Å². The summed E-state index contributed by atoms with van der Waals surface area (Å²) < 4.78 is 2.34. The lowest BCUT2D eigenvalue weighted by atomic mass is 10.3. The molecule has 0 atom stereocenters. The predicted molar refractivity (Wildman–Crippen MR) is 68.0 cm³/mol. The zero-order chi connectivity index (χ0) is 12.6. The molecule has 2 aromatic rings. The quantitative estimate of drug-likeness (QED) is 0.925. The number of aryl methyl sites for hydroxylation is 1. The molecule has 1 aromatic carbocycles. The number of hydrogen-bond acceptors (Lipinski definition) is 2. The molecule has 4 nitrogen and oxygen atoms in total. The Kier molecular flexibility index (Phi) is 3.22. The van der Waals surface area contributed by atoms with Crippen LogP contribution < -0.4 is 0 Å². The average Bonchev–Trinajstić information content (AvgIpc) is 2.64. The molecular weight excluding hydrogens is 307 g/mol. The van der Waals surface area contributed by atoms with Crippen LogP contribution in [0.5, 0.6) is 0 Å². The first kappa shape index (κ1) is 12.1. The molecule has 0 bridgehead atoms. The van der Waals surface area contributed by atoms with Crippen molar-refractivity contribution in [1.29, 1.82) is 0 Å². The number of aromatic nitrogens is 2. The van der Waals surface area contributed by atoms with Gasteiger partial charge in [0.2, 0.25) is 0 Å². The van der Waals surface area contributed by atoms with E-state index in [1.807, 2.05) is 0 Å². The number of carboxylic acid groups (broad SMARTS) is 1. The Morgan fingerprint density at radius 3 is 2.76 bits per heavy atom. The first-order valence-electron chi connectivity index (χ1n) is 4.74. The molecule has 0 saturated heterocycles. The van der Waals surface area contributed by atoms with Crippen molar-refractivity contribution in [3.8, 4) is 5.69 Å². The fourth-order valence-electron chi connectivity index (χ4n) is 1.47. The van der Waals surface area contributed by atoms with Gasteiger partial charge in [-0.15, -0.1) is 0 Å². The van der Waals surface area contributed by atoms with Crippen LogP contribution in [-0.4, -0.2) is 20.9 Å². The molecule has 0 saturated carbocycles. The van der Waals surface area contributed by atoms with Crippen LogP contribution in [-0.2, 0) is 0 Å². The minimum absolute atomic E-state index is 0.00868. The third kappa shape index (κ3) is 2.35. The molecule has 0 unspecified atom stereocenters. The molecule has 0 aliphatic carbocycles. The molecular formula is C11H8BrClN2O2. The fraction of sp³-hybridized carbons (Fsp3) is 0.0909. The standard InChI is InChI=1S/C11H8BrClN2O2/c1-6-4-9(11(16)17)14-15(6)10-5-7(13)2-3-8(10)12/h2-5H,1H3,(H,16,17). The van der Waals surface area contributed by atoms with Crippen LogP contribution in [0, 0.1) is 6.92 Å². The van der Waals surface area contributed by atoms with Crippen molar-refractivity contribution in [2.45, 2.75) is 6.92 Å². The van der Waals surface area contributed by atoms with Crippen molar-refractivity contribution in [2.24, 2.45) is 0 Å². The maximum atomic E-state index is 10.8. The van der Waals surface area contributed by atoms with Crippen molar-refractivity contribution in [3.05, 3.63) is 45.1 Å². The number of nitrogens with zero attached hydrogens (tertiary/aromatic N) is 2. The lowest BCUT2D eigenvalue weighted by Gasteiger charge is -2.07. The van der Waals surface area contributed by atoms with Gasteiger partial charge in [0.15, 0.2) is 5.69 Å². The Bertz CT molecular complexity index is 595. The SMILES string of the molecule is Cc1cc(C(=O)O)nn1-c1cc(Cl)ccc1Br. The Hall–Kier alpha value is -1.33. The number of rotatable bonds is 2. The van der Waals surface area contributed by atoms with E-state index >= 15 is 0 Å². The molecule has 2 rings (SSSR count). The van der Waals surface area contributed by atoms with Crippen LogP contribution >= 0.6 is 27.5 Å². The molecule has 0 fully saturated rings. The number of benzene rings is 1. The molecule has 1 N–H and O–H groups in total. The van der Waals surface area contributed by atoms with Gasteiger partial charge in [-0.3, -0.25) is 0 Å². The van der Waals surface area contributed by atoms with E-state index in [9.17, 15) is 4.79 Å².